The van der Waals surface area contributed by atoms with Gasteiger partial charge >= 0.3 is 0 Å². The quantitative estimate of drug-likeness (QED) is 0.820. The first-order valence-corrected chi connectivity index (χ1v) is 11.4. The van der Waals surface area contributed by atoms with Crippen LogP contribution in [0.15, 0.2) is 35.4 Å². The van der Waals surface area contributed by atoms with E-state index in [9.17, 15) is 0 Å². The van der Waals surface area contributed by atoms with E-state index in [1.165, 1.54) is 0 Å². The van der Waals surface area contributed by atoms with Crippen LogP contribution < -0.4 is 10.2 Å². The summed E-state index contributed by atoms with van der Waals surface area (Å²) < 4.78 is 13.2. The van der Waals surface area contributed by atoms with Gasteiger partial charge in [-0.05, 0) is 44.2 Å². The standard InChI is InChI=1S/C23H28N6O2/c1-2-20-22-16(14-31-23(20)24-8-1)13-29(27-22)19-3-4-21(25-12-19)28-9-5-17(6-10-28)26-18-7-11-30-15-18/h3-4,8,12-13,17-18,26H,1-2,5-7,9-11,14-15H2/t18-/m0/s1. The van der Waals surface area contributed by atoms with Gasteiger partial charge in [0.05, 0.1) is 18.5 Å². The molecular formula is C23H28N6O2. The number of ether oxygens (including phenoxy) is 2. The van der Waals surface area contributed by atoms with Crippen molar-refractivity contribution in [3.05, 3.63) is 41.7 Å². The van der Waals surface area contributed by atoms with E-state index in [4.69, 9.17) is 19.6 Å². The maximum Gasteiger partial charge on any atom is 0.218 e. The zero-order chi connectivity index (χ0) is 20.6. The Morgan fingerprint density at radius 1 is 1.10 bits per heavy atom. The number of rotatable bonds is 4. The van der Waals surface area contributed by atoms with Crippen LogP contribution in [0.1, 0.15) is 43.4 Å². The highest BCUT2D eigenvalue weighted by atomic mass is 16.5. The molecule has 0 aromatic carbocycles. The fourth-order valence-electron chi connectivity index (χ4n) is 4.91. The Labute approximate surface area is 182 Å². The number of nitrogens with zero attached hydrogens (tertiary/aromatic N) is 5. The van der Waals surface area contributed by atoms with Crippen molar-refractivity contribution in [1.29, 1.82) is 0 Å². The van der Waals surface area contributed by atoms with E-state index in [2.05, 4.69) is 33.5 Å². The van der Waals surface area contributed by atoms with Crippen LogP contribution in [0.4, 0.5) is 5.82 Å². The van der Waals surface area contributed by atoms with Crippen molar-refractivity contribution in [3.8, 4) is 5.69 Å². The van der Waals surface area contributed by atoms with Crippen molar-refractivity contribution in [2.24, 2.45) is 4.99 Å². The van der Waals surface area contributed by atoms with E-state index in [0.717, 1.165) is 92.6 Å². The van der Waals surface area contributed by atoms with Crippen molar-refractivity contribution < 1.29 is 9.47 Å². The summed E-state index contributed by atoms with van der Waals surface area (Å²) in [6.45, 7) is 4.33. The highest BCUT2D eigenvalue weighted by Gasteiger charge is 2.26. The van der Waals surface area contributed by atoms with Gasteiger partial charge in [0.15, 0.2) is 0 Å². The fraction of sp³-hybridized carbons (Fsp3) is 0.522. The molecule has 0 radical (unpaired) electrons. The van der Waals surface area contributed by atoms with Crippen LogP contribution in [-0.4, -0.2) is 59.4 Å². The number of fused-ring (bicyclic) bond motifs is 2. The molecule has 8 heteroatoms. The second-order valence-electron chi connectivity index (χ2n) is 8.73. The van der Waals surface area contributed by atoms with Crippen LogP contribution in [0.3, 0.4) is 0 Å². The maximum absolute atomic E-state index is 5.80. The van der Waals surface area contributed by atoms with Gasteiger partial charge in [0, 0.05) is 55.3 Å². The Balaban J connectivity index is 1.12. The SMILES string of the molecule is C1=NC2=C(CC1)c1nn(-c3ccc(N4CCC(N[C@H]5CCOC5)CC4)nc3)cc1CO2. The molecule has 2 fully saturated rings. The number of pyridine rings is 1. The fourth-order valence-corrected chi connectivity index (χ4v) is 4.91. The number of aromatic nitrogens is 3. The average molecular weight is 421 g/mol. The molecule has 0 spiro atoms. The number of nitrogens with one attached hydrogen (secondary N) is 1. The predicted octanol–water partition coefficient (Wildman–Crippen LogP) is 2.68. The van der Waals surface area contributed by atoms with Gasteiger partial charge in [-0.1, -0.05) is 0 Å². The molecule has 2 saturated heterocycles. The second-order valence-corrected chi connectivity index (χ2v) is 8.73. The molecule has 8 nitrogen and oxygen atoms in total. The third-order valence-corrected chi connectivity index (χ3v) is 6.65. The number of aliphatic imine (C=N–C) groups is 1. The first-order chi connectivity index (χ1) is 15.3. The van der Waals surface area contributed by atoms with Crippen molar-refractivity contribution in [3.63, 3.8) is 0 Å². The first kappa shape index (κ1) is 19.0. The summed E-state index contributed by atoms with van der Waals surface area (Å²) in [6.07, 6.45) is 11.2. The second kappa shape index (κ2) is 8.09. The normalized spacial score (nSPS) is 23.6. The van der Waals surface area contributed by atoms with E-state index < -0.39 is 0 Å². The van der Waals surface area contributed by atoms with Crippen LogP contribution in [0, 0.1) is 0 Å². The molecule has 0 saturated carbocycles. The van der Waals surface area contributed by atoms with E-state index >= 15 is 0 Å². The molecule has 6 heterocycles. The van der Waals surface area contributed by atoms with E-state index in [-0.39, 0.29) is 0 Å². The van der Waals surface area contributed by atoms with Crippen LogP contribution in [0.25, 0.3) is 11.3 Å². The van der Waals surface area contributed by atoms with Gasteiger partial charge in [0.25, 0.3) is 0 Å². The van der Waals surface area contributed by atoms with Crippen molar-refractivity contribution in [2.45, 2.75) is 50.8 Å². The molecule has 0 aliphatic carbocycles. The third-order valence-electron chi connectivity index (χ3n) is 6.65. The van der Waals surface area contributed by atoms with Gasteiger partial charge in [-0.3, -0.25) is 0 Å². The lowest BCUT2D eigenvalue weighted by molar-refractivity contribution is 0.186. The Morgan fingerprint density at radius 2 is 2.03 bits per heavy atom. The van der Waals surface area contributed by atoms with Gasteiger partial charge in [0.1, 0.15) is 18.1 Å². The third kappa shape index (κ3) is 3.74. The molecule has 6 rings (SSSR count). The molecule has 0 unspecified atom stereocenters. The summed E-state index contributed by atoms with van der Waals surface area (Å²) in [5.74, 6) is 1.77. The molecule has 2 aromatic rings. The van der Waals surface area contributed by atoms with Crippen LogP contribution >= 0.6 is 0 Å². The minimum atomic E-state index is 0.521. The molecule has 1 atom stereocenters. The predicted molar refractivity (Wildman–Crippen MR) is 118 cm³/mol. The Morgan fingerprint density at radius 3 is 2.84 bits per heavy atom. The number of hydrogen-bond donors (Lipinski definition) is 1. The zero-order valence-corrected chi connectivity index (χ0v) is 17.7. The van der Waals surface area contributed by atoms with Gasteiger partial charge in [0.2, 0.25) is 5.88 Å². The van der Waals surface area contributed by atoms with E-state index in [0.29, 0.717) is 18.7 Å². The summed E-state index contributed by atoms with van der Waals surface area (Å²) in [7, 11) is 0. The summed E-state index contributed by atoms with van der Waals surface area (Å²) in [6, 6.07) is 5.34. The van der Waals surface area contributed by atoms with E-state index in [1.54, 1.807) is 0 Å². The molecular weight excluding hydrogens is 392 g/mol. The summed E-state index contributed by atoms with van der Waals surface area (Å²) in [4.78, 5) is 11.5. The monoisotopic (exact) mass is 420 g/mol. The molecule has 31 heavy (non-hydrogen) atoms. The minimum Gasteiger partial charge on any atom is -0.472 e. The Kier molecular flexibility index (Phi) is 4.96. The lowest BCUT2D eigenvalue weighted by Gasteiger charge is -2.34. The number of anilines is 1. The van der Waals surface area contributed by atoms with Gasteiger partial charge < -0.3 is 19.7 Å². The minimum absolute atomic E-state index is 0.521. The summed E-state index contributed by atoms with van der Waals surface area (Å²) >= 11 is 0. The molecule has 2 aromatic heterocycles. The lowest BCUT2D eigenvalue weighted by atomic mass is 10.0. The maximum atomic E-state index is 5.80. The van der Waals surface area contributed by atoms with Crippen molar-refractivity contribution in [1.82, 2.24) is 20.1 Å². The highest BCUT2D eigenvalue weighted by Crippen LogP contribution is 2.34. The molecule has 0 bridgehead atoms. The Hall–Kier alpha value is -2.71. The molecule has 4 aliphatic rings. The van der Waals surface area contributed by atoms with Crippen molar-refractivity contribution in [2.75, 3.05) is 31.2 Å². The molecule has 1 N–H and O–H groups in total. The van der Waals surface area contributed by atoms with E-state index in [1.807, 2.05) is 17.1 Å². The average Bonchev–Trinajstić information content (AvgIpc) is 3.50. The largest absolute Gasteiger partial charge is 0.472 e. The van der Waals surface area contributed by atoms with Crippen molar-refractivity contribution >= 4 is 17.6 Å². The zero-order valence-electron chi connectivity index (χ0n) is 17.7. The van der Waals surface area contributed by atoms with Crippen LogP contribution in [0.5, 0.6) is 0 Å². The first-order valence-electron chi connectivity index (χ1n) is 11.4. The molecule has 4 aliphatic heterocycles. The van der Waals surface area contributed by atoms with Crippen LogP contribution in [-0.2, 0) is 16.1 Å². The number of hydrogen-bond acceptors (Lipinski definition) is 7. The topological polar surface area (TPSA) is 76.8 Å². The van der Waals surface area contributed by atoms with Gasteiger partial charge in [-0.15, -0.1) is 0 Å². The van der Waals surface area contributed by atoms with Gasteiger partial charge in [-0.2, -0.15) is 5.10 Å². The highest BCUT2D eigenvalue weighted by molar-refractivity contribution is 5.76. The van der Waals surface area contributed by atoms with Gasteiger partial charge in [-0.25, -0.2) is 14.7 Å². The summed E-state index contributed by atoms with van der Waals surface area (Å²) in [5, 5.41) is 8.60. The summed E-state index contributed by atoms with van der Waals surface area (Å²) in [5.41, 5.74) is 4.22. The van der Waals surface area contributed by atoms with Crippen LogP contribution in [0.2, 0.25) is 0 Å². The lowest BCUT2D eigenvalue weighted by Crippen LogP contribution is -2.46. The number of allylic oxidation sites excluding steroid dienone is 1. The smallest absolute Gasteiger partial charge is 0.218 e. The molecule has 0 amide bonds. The Bertz CT molecular complexity index is 998. The number of piperidine rings is 1. The molecule has 162 valence electrons.